The summed E-state index contributed by atoms with van der Waals surface area (Å²) in [6, 6.07) is 15.7. The second-order valence-corrected chi connectivity index (χ2v) is 8.07. The van der Waals surface area contributed by atoms with Crippen LogP contribution in [0.1, 0.15) is 5.56 Å². The van der Waals surface area contributed by atoms with Gasteiger partial charge in [0, 0.05) is 5.75 Å². The third-order valence-electron chi connectivity index (χ3n) is 3.98. The molecule has 5 nitrogen and oxygen atoms in total. The molecule has 1 amide bonds. The molecule has 1 unspecified atom stereocenters. The molecule has 0 spiro atoms. The lowest BCUT2D eigenvalue weighted by Gasteiger charge is -2.26. The Balaban J connectivity index is 1.24. The van der Waals surface area contributed by atoms with Crippen molar-refractivity contribution >= 4 is 39.5 Å². The maximum Gasteiger partial charge on any atom is 0.230 e. The fourth-order valence-electron chi connectivity index (χ4n) is 2.66. The summed E-state index contributed by atoms with van der Waals surface area (Å²) >= 11 is 3.15. The first kappa shape index (κ1) is 17.3. The summed E-state index contributed by atoms with van der Waals surface area (Å²) in [7, 11) is 0. The average molecular weight is 386 g/mol. The molecule has 2 aromatic carbocycles. The standard InChI is InChI=1S/C19H18N2O3S2/c22-18(12-26-19-21-15-6-2-1-5-13(15)11-25-19)20-9-14-10-23-16-7-3-4-8-17(16)24-14/h1-8,14H,9-12H2,(H,20,22). The van der Waals surface area contributed by atoms with Gasteiger partial charge in [-0.2, -0.15) is 0 Å². The zero-order valence-corrected chi connectivity index (χ0v) is 15.6. The van der Waals surface area contributed by atoms with Crippen molar-refractivity contribution in [2.75, 3.05) is 18.9 Å². The van der Waals surface area contributed by atoms with E-state index in [1.807, 2.05) is 42.5 Å². The third kappa shape index (κ3) is 4.16. The van der Waals surface area contributed by atoms with E-state index in [2.05, 4.69) is 16.4 Å². The van der Waals surface area contributed by atoms with E-state index < -0.39 is 0 Å². The van der Waals surface area contributed by atoms with Crippen LogP contribution in [0.5, 0.6) is 11.5 Å². The molecule has 1 atom stereocenters. The van der Waals surface area contributed by atoms with Crippen LogP contribution in [-0.4, -0.2) is 35.3 Å². The molecule has 1 N–H and O–H groups in total. The number of hydrogen-bond acceptors (Lipinski definition) is 6. The molecule has 26 heavy (non-hydrogen) atoms. The zero-order chi connectivity index (χ0) is 17.8. The number of amides is 1. The highest BCUT2D eigenvalue weighted by Gasteiger charge is 2.21. The van der Waals surface area contributed by atoms with E-state index in [0.717, 1.165) is 27.3 Å². The van der Waals surface area contributed by atoms with Crippen molar-refractivity contribution in [3.63, 3.8) is 0 Å². The molecule has 0 aromatic heterocycles. The monoisotopic (exact) mass is 386 g/mol. The van der Waals surface area contributed by atoms with E-state index >= 15 is 0 Å². The minimum Gasteiger partial charge on any atom is -0.486 e. The van der Waals surface area contributed by atoms with Gasteiger partial charge in [-0.05, 0) is 23.8 Å². The molecule has 0 radical (unpaired) electrons. The van der Waals surface area contributed by atoms with Crippen molar-refractivity contribution in [2.24, 2.45) is 4.99 Å². The lowest BCUT2D eigenvalue weighted by atomic mass is 10.2. The van der Waals surface area contributed by atoms with E-state index in [9.17, 15) is 4.79 Å². The van der Waals surface area contributed by atoms with Gasteiger partial charge in [0.25, 0.3) is 0 Å². The van der Waals surface area contributed by atoms with Gasteiger partial charge < -0.3 is 14.8 Å². The second kappa shape index (κ2) is 8.05. The van der Waals surface area contributed by atoms with E-state index in [1.54, 1.807) is 11.8 Å². The molecule has 2 aliphatic heterocycles. The SMILES string of the molecule is O=C(CSC1=Nc2ccccc2CS1)NCC1COc2ccccc2O1. The van der Waals surface area contributed by atoms with Gasteiger partial charge >= 0.3 is 0 Å². The average Bonchev–Trinajstić information content (AvgIpc) is 2.70. The lowest BCUT2D eigenvalue weighted by Crippen LogP contribution is -2.41. The number of fused-ring (bicyclic) bond motifs is 2. The van der Waals surface area contributed by atoms with Gasteiger partial charge in [0.2, 0.25) is 5.91 Å². The van der Waals surface area contributed by atoms with Gasteiger partial charge in [-0.15, -0.1) is 0 Å². The van der Waals surface area contributed by atoms with Crippen molar-refractivity contribution < 1.29 is 14.3 Å². The largest absolute Gasteiger partial charge is 0.486 e. The number of carbonyl (C=O) groups is 1. The highest BCUT2D eigenvalue weighted by atomic mass is 32.2. The summed E-state index contributed by atoms with van der Waals surface area (Å²) < 4.78 is 12.4. The Morgan fingerprint density at radius 3 is 2.92 bits per heavy atom. The summed E-state index contributed by atoms with van der Waals surface area (Å²) in [5.41, 5.74) is 2.24. The Labute approximate surface area is 160 Å². The molecular formula is C19H18N2O3S2. The first-order valence-electron chi connectivity index (χ1n) is 8.35. The maximum atomic E-state index is 12.1. The zero-order valence-electron chi connectivity index (χ0n) is 14.0. The first-order valence-corrected chi connectivity index (χ1v) is 10.3. The molecule has 2 aliphatic rings. The van der Waals surface area contributed by atoms with Crippen LogP contribution < -0.4 is 14.8 Å². The molecule has 0 saturated heterocycles. The Morgan fingerprint density at radius 1 is 1.19 bits per heavy atom. The summed E-state index contributed by atoms with van der Waals surface area (Å²) in [4.78, 5) is 16.7. The van der Waals surface area contributed by atoms with Crippen LogP contribution in [0.4, 0.5) is 5.69 Å². The van der Waals surface area contributed by atoms with E-state index in [1.165, 1.54) is 17.3 Å². The first-order chi connectivity index (χ1) is 12.8. The molecule has 0 fully saturated rings. The molecular weight excluding hydrogens is 368 g/mol. The number of aliphatic imine (C=N–C) groups is 1. The number of para-hydroxylation sites is 3. The van der Waals surface area contributed by atoms with Crippen molar-refractivity contribution in [1.82, 2.24) is 5.32 Å². The van der Waals surface area contributed by atoms with Gasteiger partial charge in [-0.25, -0.2) is 4.99 Å². The van der Waals surface area contributed by atoms with Crippen LogP contribution >= 0.6 is 23.5 Å². The maximum absolute atomic E-state index is 12.1. The highest BCUT2D eigenvalue weighted by molar-refractivity contribution is 8.38. The molecule has 2 heterocycles. The number of hydrogen-bond donors (Lipinski definition) is 1. The summed E-state index contributed by atoms with van der Waals surface area (Å²) in [6.07, 6.45) is -0.174. The molecule has 0 saturated carbocycles. The van der Waals surface area contributed by atoms with Gasteiger partial charge in [-0.3, -0.25) is 4.79 Å². The minimum atomic E-state index is -0.174. The summed E-state index contributed by atoms with van der Waals surface area (Å²) in [6.45, 7) is 0.861. The van der Waals surface area contributed by atoms with Gasteiger partial charge in [0.1, 0.15) is 17.1 Å². The fraction of sp³-hybridized carbons (Fsp3) is 0.263. The number of nitrogens with zero attached hydrogens (tertiary/aromatic N) is 1. The molecule has 0 bridgehead atoms. The van der Waals surface area contributed by atoms with Gasteiger partial charge in [0.05, 0.1) is 18.0 Å². The number of nitrogens with one attached hydrogen (secondary N) is 1. The van der Waals surface area contributed by atoms with Crippen LogP contribution in [0.15, 0.2) is 53.5 Å². The van der Waals surface area contributed by atoms with E-state index in [4.69, 9.17) is 9.47 Å². The lowest BCUT2D eigenvalue weighted by molar-refractivity contribution is -0.119. The molecule has 4 rings (SSSR count). The van der Waals surface area contributed by atoms with Crippen LogP contribution in [0.25, 0.3) is 0 Å². The number of benzene rings is 2. The van der Waals surface area contributed by atoms with Crippen molar-refractivity contribution in [2.45, 2.75) is 11.9 Å². The van der Waals surface area contributed by atoms with Crippen LogP contribution in [0.3, 0.4) is 0 Å². The Bertz CT molecular complexity index is 841. The van der Waals surface area contributed by atoms with Crippen LogP contribution in [-0.2, 0) is 10.5 Å². The quantitative estimate of drug-likeness (QED) is 0.870. The van der Waals surface area contributed by atoms with E-state index in [0.29, 0.717) is 18.9 Å². The Kier molecular flexibility index (Phi) is 5.36. The number of rotatable bonds is 4. The Hall–Kier alpha value is -2.12. The smallest absolute Gasteiger partial charge is 0.230 e. The number of ether oxygens (including phenoxy) is 2. The Morgan fingerprint density at radius 2 is 2.00 bits per heavy atom. The van der Waals surface area contributed by atoms with Gasteiger partial charge in [0.15, 0.2) is 11.5 Å². The molecule has 2 aromatic rings. The van der Waals surface area contributed by atoms with Crippen molar-refractivity contribution in [3.8, 4) is 11.5 Å². The second-order valence-electron chi connectivity index (χ2n) is 5.89. The summed E-state index contributed by atoms with van der Waals surface area (Å²) in [5.74, 6) is 2.69. The van der Waals surface area contributed by atoms with Crippen LogP contribution in [0.2, 0.25) is 0 Å². The van der Waals surface area contributed by atoms with Crippen molar-refractivity contribution in [1.29, 1.82) is 0 Å². The van der Waals surface area contributed by atoms with E-state index in [-0.39, 0.29) is 12.0 Å². The van der Waals surface area contributed by atoms with Gasteiger partial charge in [-0.1, -0.05) is 53.9 Å². The minimum absolute atomic E-state index is 0.0281. The fourth-order valence-corrected chi connectivity index (χ4v) is 4.55. The van der Waals surface area contributed by atoms with Crippen molar-refractivity contribution in [3.05, 3.63) is 54.1 Å². The predicted octanol–water partition coefficient (Wildman–Crippen LogP) is 3.61. The van der Waals surface area contributed by atoms with Crippen LogP contribution in [0, 0.1) is 0 Å². The third-order valence-corrected chi connectivity index (χ3v) is 6.22. The number of thioether (sulfide) groups is 2. The summed E-state index contributed by atoms with van der Waals surface area (Å²) in [5, 5.41) is 2.91. The topological polar surface area (TPSA) is 59.9 Å². The molecule has 0 aliphatic carbocycles. The number of carbonyl (C=O) groups excluding carboxylic acids is 1. The highest BCUT2D eigenvalue weighted by Crippen LogP contribution is 2.34. The predicted molar refractivity (Wildman–Crippen MR) is 107 cm³/mol. The molecule has 7 heteroatoms. The molecule has 134 valence electrons. The normalized spacial score (nSPS) is 17.8.